The van der Waals surface area contributed by atoms with Gasteiger partial charge < -0.3 is 8.98 Å². The van der Waals surface area contributed by atoms with Gasteiger partial charge >= 0.3 is 0 Å². The summed E-state index contributed by atoms with van der Waals surface area (Å²) < 4.78 is 11.1. The summed E-state index contributed by atoms with van der Waals surface area (Å²) in [6.45, 7) is 0. The van der Waals surface area contributed by atoms with Crippen molar-refractivity contribution in [3.63, 3.8) is 0 Å². The van der Waals surface area contributed by atoms with E-state index in [4.69, 9.17) is 19.4 Å². The van der Waals surface area contributed by atoms with E-state index in [0.29, 0.717) is 17.6 Å². The van der Waals surface area contributed by atoms with Gasteiger partial charge in [-0.25, -0.2) is 4.98 Å². The summed E-state index contributed by atoms with van der Waals surface area (Å²) >= 11 is 0. The molecule has 12 aromatic rings. The van der Waals surface area contributed by atoms with Gasteiger partial charge in [0.05, 0.1) is 27.8 Å². The maximum atomic E-state index is 6.58. The third kappa shape index (κ3) is 4.81. The number of benzene rings is 8. The highest BCUT2D eigenvalue weighted by Crippen LogP contribution is 2.40. The Kier molecular flexibility index (Phi) is 6.83. The average Bonchev–Trinajstić information content (AvgIpc) is 3.94. The number of aromatic nitrogens is 5. The van der Waals surface area contributed by atoms with E-state index in [-0.39, 0.29) is 0 Å². The van der Waals surface area contributed by atoms with Crippen LogP contribution in [0.1, 0.15) is 0 Å². The Bertz CT molecular complexity index is 3430. The van der Waals surface area contributed by atoms with Crippen LogP contribution >= 0.6 is 0 Å². The molecular weight excluding hydrogens is 699 g/mol. The minimum Gasteiger partial charge on any atom is -0.456 e. The molecule has 4 aromatic heterocycles. The van der Waals surface area contributed by atoms with Crippen molar-refractivity contribution in [2.75, 3.05) is 0 Å². The molecule has 0 radical (unpaired) electrons. The molecule has 0 amide bonds. The van der Waals surface area contributed by atoms with Crippen LogP contribution in [0.25, 0.3) is 111 Å². The zero-order valence-corrected chi connectivity index (χ0v) is 30.5. The summed E-state index contributed by atoms with van der Waals surface area (Å²) in [5.74, 6) is 1.67. The van der Waals surface area contributed by atoms with Gasteiger partial charge in [-0.1, -0.05) is 133 Å². The third-order valence-electron chi connectivity index (χ3n) is 11.2. The molecule has 0 aliphatic rings. The van der Waals surface area contributed by atoms with Crippen molar-refractivity contribution in [3.05, 3.63) is 188 Å². The molecule has 0 aliphatic carbocycles. The lowest BCUT2D eigenvalue weighted by molar-refractivity contribution is 0.669. The highest BCUT2D eigenvalue weighted by molar-refractivity contribution is 6.13. The predicted molar refractivity (Wildman–Crippen MR) is 232 cm³/mol. The van der Waals surface area contributed by atoms with Gasteiger partial charge in [-0.15, -0.1) is 0 Å². The van der Waals surface area contributed by atoms with E-state index in [1.165, 1.54) is 10.8 Å². The fourth-order valence-electron chi connectivity index (χ4n) is 8.72. The molecule has 0 aliphatic heterocycles. The van der Waals surface area contributed by atoms with Gasteiger partial charge in [0, 0.05) is 43.4 Å². The number of rotatable bonds is 5. The van der Waals surface area contributed by atoms with Crippen LogP contribution in [0, 0.1) is 0 Å². The van der Waals surface area contributed by atoms with Gasteiger partial charge in [0.1, 0.15) is 11.2 Å². The minimum atomic E-state index is 0.542. The molecule has 0 bridgehead atoms. The Morgan fingerprint density at radius 3 is 1.56 bits per heavy atom. The van der Waals surface area contributed by atoms with Crippen molar-refractivity contribution in [1.82, 2.24) is 24.1 Å². The number of nitrogens with zero attached hydrogens (tertiary/aromatic N) is 5. The summed E-state index contributed by atoms with van der Waals surface area (Å²) in [5, 5.41) is 6.80. The molecule has 0 atom stereocenters. The van der Waals surface area contributed by atoms with E-state index < -0.39 is 0 Å². The normalized spacial score (nSPS) is 11.9. The first-order chi connectivity index (χ1) is 28.3. The fraction of sp³-hybridized carbons (Fsp3) is 0. The molecule has 0 fully saturated rings. The Morgan fingerprint density at radius 2 is 0.895 bits per heavy atom. The first-order valence-corrected chi connectivity index (χ1v) is 19.1. The van der Waals surface area contributed by atoms with Crippen LogP contribution in [-0.2, 0) is 0 Å². The maximum Gasteiger partial charge on any atom is 0.238 e. The molecule has 12 rings (SSSR count). The lowest BCUT2D eigenvalue weighted by Gasteiger charge is -2.15. The standard InChI is InChI=1S/C51H31N5O/c1-2-15-32(16-3-1)34-22-14-28-46-48(34)40-30-29-33(31-47(40)57-46)49-52-50(54-51(53-49)56-43-25-11-6-19-37(43)38-20-7-12-26-44(38)56)39-21-8-13-27-45(39)55-41-23-9-4-17-35(41)36-18-5-10-24-42(36)55/h1-31H. The zero-order valence-electron chi connectivity index (χ0n) is 30.5. The Labute approximate surface area is 326 Å². The Hall–Kier alpha value is -7.83. The molecule has 0 spiro atoms. The van der Waals surface area contributed by atoms with E-state index in [2.05, 4.69) is 185 Å². The zero-order chi connectivity index (χ0) is 37.5. The number of furan rings is 1. The smallest absolute Gasteiger partial charge is 0.238 e. The second-order valence-corrected chi connectivity index (χ2v) is 14.4. The van der Waals surface area contributed by atoms with Crippen molar-refractivity contribution < 1.29 is 4.42 Å². The molecule has 0 saturated heterocycles. The van der Waals surface area contributed by atoms with E-state index in [0.717, 1.165) is 82.7 Å². The van der Waals surface area contributed by atoms with Gasteiger partial charge in [0.25, 0.3) is 0 Å². The molecular formula is C51H31N5O. The molecule has 0 N–H and O–H groups in total. The summed E-state index contributed by atoms with van der Waals surface area (Å²) in [4.78, 5) is 15.9. The average molecular weight is 730 g/mol. The van der Waals surface area contributed by atoms with Crippen molar-refractivity contribution in [3.8, 4) is 45.5 Å². The van der Waals surface area contributed by atoms with Crippen molar-refractivity contribution in [2.45, 2.75) is 0 Å². The number of hydrogen-bond donors (Lipinski definition) is 0. The Balaban J connectivity index is 1.13. The van der Waals surface area contributed by atoms with Crippen LogP contribution in [0.15, 0.2) is 192 Å². The molecule has 57 heavy (non-hydrogen) atoms. The molecule has 8 aromatic carbocycles. The largest absolute Gasteiger partial charge is 0.456 e. The third-order valence-corrected chi connectivity index (χ3v) is 11.2. The van der Waals surface area contributed by atoms with Crippen LogP contribution < -0.4 is 0 Å². The summed E-state index contributed by atoms with van der Waals surface area (Å²) in [6, 6.07) is 65.4. The summed E-state index contributed by atoms with van der Waals surface area (Å²) in [5.41, 5.74) is 10.9. The van der Waals surface area contributed by atoms with Gasteiger partial charge in [-0.05, 0) is 65.7 Å². The molecule has 6 heteroatoms. The van der Waals surface area contributed by atoms with Crippen LogP contribution in [0.3, 0.4) is 0 Å². The predicted octanol–water partition coefficient (Wildman–Crippen LogP) is 13.0. The van der Waals surface area contributed by atoms with E-state index >= 15 is 0 Å². The minimum absolute atomic E-state index is 0.542. The van der Waals surface area contributed by atoms with Crippen molar-refractivity contribution in [2.24, 2.45) is 0 Å². The lowest BCUT2D eigenvalue weighted by atomic mass is 9.99. The topological polar surface area (TPSA) is 61.7 Å². The van der Waals surface area contributed by atoms with Gasteiger partial charge in [-0.2, -0.15) is 9.97 Å². The van der Waals surface area contributed by atoms with Crippen molar-refractivity contribution in [1.29, 1.82) is 0 Å². The van der Waals surface area contributed by atoms with Crippen LogP contribution in [-0.4, -0.2) is 24.1 Å². The maximum absolute atomic E-state index is 6.58. The Morgan fingerprint density at radius 1 is 0.351 bits per heavy atom. The van der Waals surface area contributed by atoms with E-state index in [1.54, 1.807) is 0 Å². The number of fused-ring (bicyclic) bond motifs is 9. The SMILES string of the molecule is c1ccc(-c2cccc3oc4cc(-c5nc(-c6ccccc6-n6c7ccccc7c7ccccc76)nc(-n6c7ccccc7c7ccccc76)n5)ccc4c23)cc1. The highest BCUT2D eigenvalue weighted by Gasteiger charge is 2.22. The lowest BCUT2D eigenvalue weighted by Crippen LogP contribution is -2.07. The number of para-hydroxylation sites is 5. The molecule has 0 saturated carbocycles. The second-order valence-electron chi connectivity index (χ2n) is 14.4. The summed E-state index contributed by atoms with van der Waals surface area (Å²) in [6.07, 6.45) is 0. The second kappa shape index (κ2) is 12.3. The highest BCUT2D eigenvalue weighted by atomic mass is 16.3. The molecule has 4 heterocycles. The quantitative estimate of drug-likeness (QED) is 0.177. The van der Waals surface area contributed by atoms with Gasteiger partial charge in [0.2, 0.25) is 5.95 Å². The monoisotopic (exact) mass is 729 g/mol. The van der Waals surface area contributed by atoms with E-state index in [1.807, 2.05) is 12.1 Å². The molecule has 6 nitrogen and oxygen atoms in total. The first-order valence-electron chi connectivity index (χ1n) is 19.1. The van der Waals surface area contributed by atoms with Crippen molar-refractivity contribution >= 4 is 65.6 Å². The number of hydrogen-bond acceptors (Lipinski definition) is 4. The molecule has 266 valence electrons. The van der Waals surface area contributed by atoms with Crippen LogP contribution in [0.2, 0.25) is 0 Å². The van der Waals surface area contributed by atoms with Crippen LogP contribution in [0.5, 0.6) is 0 Å². The first kappa shape index (κ1) is 31.5. The van der Waals surface area contributed by atoms with Crippen LogP contribution in [0.4, 0.5) is 0 Å². The van der Waals surface area contributed by atoms with E-state index in [9.17, 15) is 0 Å². The van der Waals surface area contributed by atoms with Gasteiger partial charge in [-0.3, -0.25) is 4.57 Å². The fourth-order valence-corrected chi connectivity index (χ4v) is 8.72. The van der Waals surface area contributed by atoms with Gasteiger partial charge in [0.15, 0.2) is 11.6 Å². The molecule has 0 unspecified atom stereocenters. The summed E-state index contributed by atoms with van der Waals surface area (Å²) in [7, 11) is 0.